The molecule has 1 saturated carbocycles. The maximum atomic E-state index is 11.5. The molecule has 1 aliphatic carbocycles. The molecule has 4 nitrogen and oxygen atoms in total. The molecular formula is C10H15NO3S2. The lowest BCUT2D eigenvalue weighted by Crippen LogP contribution is -2.28. The molecule has 0 saturated heterocycles. The molecule has 0 amide bonds. The summed E-state index contributed by atoms with van der Waals surface area (Å²) in [7, 11) is -3.11. The van der Waals surface area contributed by atoms with Crippen LogP contribution in [0.2, 0.25) is 0 Å². The van der Waals surface area contributed by atoms with E-state index in [1.165, 1.54) is 11.3 Å². The van der Waals surface area contributed by atoms with Gasteiger partial charge in [0.1, 0.15) is 0 Å². The van der Waals surface area contributed by atoms with Crippen LogP contribution in [0.4, 0.5) is 0 Å². The summed E-state index contributed by atoms with van der Waals surface area (Å²) in [5.41, 5.74) is 0. The Morgan fingerprint density at radius 1 is 1.56 bits per heavy atom. The van der Waals surface area contributed by atoms with Crippen molar-refractivity contribution >= 4 is 21.4 Å². The Balaban J connectivity index is 1.76. The number of hydrogen-bond donors (Lipinski definition) is 2. The number of thiophene rings is 1. The van der Waals surface area contributed by atoms with E-state index in [4.69, 9.17) is 0 Å². The van der Waals surface area contributed by atoms with Gasteiger partial charge in [-0.2, -0.15) is 0 Å². The van der Waals surface area contributed by atoms with Gasteiger partial charge in [-0.15, -0.1) is 11.3 Å². The third kappa shape index (κ3) is 3.04. The Morgan fingerprint density at radius 2 is 2.31 bits per heavy atom. The topological polar surface area (TPSA) is 66.4 Å². The first kappa shape index (κ1) is 12.0. The fourth-order valence-electron chi connectivity index (χ4n) is 1.46. The van der Waals surface area contributed by atoms with Crippen molar-refractivity contribution in [1.29, 1.82) is 0 Å². The molecule has 1 fully saturated rings. The number of aliphatic hydroxyl groups is 1. The zero-order valence-electron chi connectivity index (χ0n) is 8.80. The predicted molar refractivity (Wildman–Crippen MR) is 63.8 cm³/mol. The van der Waals surface area contributed by atoms with E-state index in [1.54, 1.807) is 0 Å². The lowest BCUT2D eigenvalue weighted by atomic mass is 10.2. The summed E-state index contributed by atoms with van der Waals surface area (Å²) in [6.07, 6.45) is 1.39. The van der Waals surface area contributed by atoms with Gasteiger partial charge >= 0.3 is 0 Å². The van der Waals surface area contributed by atoms with Gasteiger partial charge < -0.3 is 5.11 Å². The fourth-order valence-corrected chi connectivity index (χ4v) is 3.60. The molecule has 2 N–H and O–H groups in total. The molecule has 1 heterocycles. The summed E-state index contributed by atoms with van der Waals surface area (Å²) in [6.45, 7) is 0.303. The first-order valence-corrected chi connectivity index (χ1v) is 7.72. The first-order chi connectivity index (χ1) is 7.59. The average molecular weight is 261 g/mol. The maximum Gasteiger partial charge on any atom is 0.214 e. The Hall–Kier alpha value is -0.430. The summed E-state index contributed by atoms with van der Waals surface area (Å²) in [6, 6.07) is 3.72. The Morgan fingerprint density at radius 3 is 2.88 bits per heavy atom. The van der Waals surface area contributed by atoms with Gasteiger partial charge in [0.25, 0.3) is 0 Å². The van der Waals surface area contributed by atoms with E-state index >= 15 is 0 Å². The Bertz CT molecular complexity index is 423. The number of aliphatic hydroxyl groups excluding tert-OH is 1. The second-order valence-electron chi connectivity index (χ2n) is 3.96. The van der Waals surface area contributed by atoms with Gasteiger partial charge in [-0.3, -0.25) is 0 Å². The van der Waals surface area contributed by atoms with Gasteiger partial charge in [-0.1, -0.05) is 6.07 Å². The molecule has 0 unspecified atom stereocenters. The Kier molecular flexibility index (Phi) is 3.63. The molecular weight excluding hydrogens is 246 g/mol. The van der Waals surface area contributed by atoms with Crippen LogP contribution < -0.4 is 4.72 Å². The highest BCUT2D eigenvalue weighted by Gasteiger charge is 2.35. The van der Waals surface area contributed by atoms with Crippen LogP contribution in [-0.2, 0) is 10.0 Å². The normalized spacial score (nSPS) is 18.6. The summed E-state index contributed by atoms with van der Waals surface area (Å²) in [5.74, 6) is 0. The number of nitrogens with one attached hydrogen (secondary N) is 1. The smallest absolute Gasteiger partial charge is 0.214 e. The zero-order valence-corrected chi connectivity index (χ0v) is 10.4. The van der Waals surface area contributed by atoms with Crippen molar-refractivity contribution in [1.82, 2.24) is 4.72 Å². The summed E-state index contributed by atoms with van der Waals surface area (Å²) >= 11 is 1.48. The monoisotopic (exact) mass is 261 g/mol. The van der Waals surface area contributed by atoms with Gasteiger partial charge in [-0.05, 0) is 30.7 Å². The third-order valence-electron chi connectivity index (χ3n) is 2.56. The van der Waals surface area contributed by atoms with Crippen molar-refractivity contribution < 1.29 is 13.5 Å². The molecule has 1 aromatic heterocycles. The SMILES string of the molecule is O=S(=O)(NCC[C@H](O)c1cccs1)C1CC1. The van der Waals surface area contributed by atoms with Gasteiger partial charge in [0, 0.05) is 11.4 Å². The van der Waals surface area contributed by atoms with Crippen molar-refractivity contribution in [3.8, 4) is 0 Å². The van der Waals surface area contributed by atoms with E-state index in [2.05, 4.69) is 4.72 Å². The number of sulfonamides is 1. The van der Waals surface area contributed by atoms with Crippen LogP contribution in [0, 0.1) is 0 Å². The minimum absolute atomic E-state index is 0.189. The van der Waals surface area contributed by atoms with Crippen LogP contribution in [0.3, 0.4) is 0 Å². The quantitative estimate of drug-likeness (QED) is 0.810. The fraction of sp³-hybridized carbons (Fsp3) is 0.600. The third-order valence-corrected chi connectivity index (χ3v) is 5.48. The van der Waals surface area contributed by atoms with Crippen LogP contribution in [0.5, 0.6) is 0 Å². The Labute approximate surface area is 99.4 Å². The first-order valence-electron chi connectivity index (χ1n) is 5.29. The summed E-state index contributed by atoms with van der Waals surface area (Å²) < 4.78 is 25.5. The molecule has 6 heteroatoms. The minimum atomic E-state index is -3.11. The van der Waals surface area contributed by atoms with Crippen LogP contribution >= 0.6 is 11.3 Å². The molecule has 2 rings (SSSR count). The van der Waals surface area contributed by atoms with Gasteiger partial charge in [0.05, 0.1) is 11.4 Å². The van der Waals surface area contributed by atoms with E-state index in [0.717, 1.165) is 17.7 Å². The van der Waals surface area contributed by atoms with Crippen LogP contribution in [-0.4, -0.2) is 25.3 Å². The maximum absolute atomic E-state index is 11.5. The second-order valence-corrected chi connectivity index (χ2v) is 6.98. The van der Waals surface area contributed by atoms with Crippen molar-refractivity contribution in [3.63, 3.8) is 0 Å². The van der Waals surface area contributed by atoms with Crippen LogP contribution in [0.15, 0.2) is 17.5 Å². The molecule has 1 aromatic rings. The molecule has 0 bridgehead atoms. The van der Waals surface area contributed by atoms with Gasteiger partial charge in [0.2, 0.25) is 10.0 Å². The highest BCUT2D eigenvalue weighted by Crippen LogP contribution is 2.27. The molecule has 0 radical (unpaired) electrons. The van der Waals surface area contributed by atoms with Crippen LogP contribution in [0.25, 0.3) is 0 Å². The largest absolute Gasteiger partial charge is 0.388 e. The molecule has 0 aromatic carbocycles. The van der Waals surface area contributed by atoms with E-state index < -0.39 is 16.1 Å². The predicted octanol–water partition coefficient (Wildman–Crippen LogP) is 1.25. The molecule has 16 heavy (non-hydrogen) atoms. The van der Waals surface area contributed by atoms with Crippen molar-refractivity contribution in [2.24, 2.45) is 0 Å². The van der Waals surface area contributed by atoms with E-state index in [1.807, 2.05) is 17.5 Å². The molecule has 1 atom stereocenters. The van der Waals surface area contributed by atoms with Crippen molar-refractivity contribution in [2.75, 3.05) is 6.54 Å². The summed E-state index contributed by atoms with van der Waals surface area (Å²) in [4.78, 5) is 0.880. The molecule has 90 valence electrons. The van der Waals surface area contributed by atoms with Gasteiger partial charge in [0.15, 0.2) is 0 Å². The van der Waals surface area contributed by atoms with E-state index in [9.17, 15) is 13.5 Å². The standard InChI is InChI=1S/C10H15NO3S2/c12-9(10-2-1-7-15-10)5-6-11-16(13,14)8-3-4-8/h1-2,7-9,11-12H,3-6H2/t9-/m0/s1. The number of rotatable bonds is 6. The average Bonchev–Trinajstić information content (AvgIpc) is 2.95. The van der Waals surface area contributed by atoms with Crippen molar-refractivity contribution in [2.45, 2.75) is 30.6 Å². The molecule has 1 aliphatic rings. The highest BCUT2D eigenvalue weighted by atomic mass is 32.2. The van der Waals surface area contributed by atoms with Gasteiger partial charge in [-0.25, -0.2) is 13.1 Å². The second kappa shape index (κ2) is 4.83. The van der Waals surface area contributed by atoms with Crippen molar-refractivity contribution in [3.05, 3.63) is 22.4 Å². The van der Waals surface area contributed by atoms with E-state index in [0.29, 0.717) is 13.0 Å². The lowest BCUT2D eigenvalue weighted by molar-refractivity contribution is 0.173. The van der Waals surface area contributed by atoms with Crippen LogP contribution in [0.1, 0.15) is 30.2 Å². The molecule has 0 aliphatic heterocycles. The minimum Gasteiger partial charge on any atom is -0.388 e. The summed E-state index contributed by atoms with van der Waals surface area (Å²) in [5, 5.41) is 11.4. The van der Waals surface area contributed by atoms with E-state index in [-0.39, 0.29) is 5.25 Å². The number of hydrogen-bond acceptors (Lipinski definition) is 4. The lowest BCUT2D eigenvalue weighted by Gasteiger charge is -2.09. The highest BCUT2D eigenvalue weighted by molar-refractivity contribution is 7.90. The molecule has 0 spiro atoms. The zero-order chi connectivity index (χ0) is 11.6.